The van der Waals surface area contributed by atoms with E-state index in [-0.39, 0.29) is 5.91 Å². The van der Waals surface area contributed by atoms with Gasteiger partial charge in [-0.15, -0.1) is 0 Å². The summed E-state index contributed by atoms with van der Waals surface area (Å²) in [5.74, 6) is 0.217. The minimum atomic E-state index is 0.217. The predicted octanol–water partition coefficient (Wildman–Crippen LogP) is 3.91. The van der Waals surface area contributed by atoms with Gasteiger partial charge < -0.3 is 9.88 Å². The van der Waals surface area contributed by atoms with Gasteiger partial charge in [-0.05, 0) is 30.2 Å². The second kappa shape index (κ2) is 7.92. The van der Waals surface area contributed by atoms with E-state index in [1.807, 2.05) is 29.3 Å². The Morgan fingerprint density at radius 1 is 1.00 bits per heavy atom. The highest BCUT2D eigenvalue weighted by molar-refractivity contribution is 5.90. The molecule has 1 amide bonds. The lowest BCUT2D eigenvalue weighted by molar-refractivity contribution is -0.132. The van der Waals surface area contributed by atoms with E-state index in [2.05, 4.69) is 58.2 Å². The molecule has 0 aliphatic carbocycles. The lowest BCUT2D eigenvalue weighted by Gasteiger charge is -2.35. The molecule has 5 nitrogen and oxygen atoms in total. The fraction of sp³-hybridized carbons (Fsp3) is 0.280. The molecule has 0 saturated carbocycles. The quantitative estimate of drug-likeness (QED) is 0.567. The van der Waals surface area contributed by atoms with E-state index >= 15 is 0 Å². The highest BCUT2D eigenvalue weighted by Crippen LogP contribution is 2.23. The van der Waals surface area contributed by atoms with E-state index in [1.54, 1.807) is 0 Å². The summed E-state index contributed by atoms with van der Waals surface area (Å²) in [6, 6.07) is 18.7. The molecule has 30 heavy (non-hydrogen) atoms. The number of rotatable bonds is 4. The largest absolute Gasteiger partial charge is 0.358 e. The zero-order chi connectivity index (χ0) is 20.5. The van der Waals surface area contributed by atoms with Crippen molar-refractivity contribution in [2.45, 2.75) is 19.9 Å². The maximum absolute atomic E-state index is 13.0. The normalized spacial score (nSPS) is 15.2. The van der Waals surface area contributed by atoms with Crippen LogP contribution in [0.2, 0.25) is 0 Å². The summed E-state index contributed by atoms with van der Waals surface area (Å²) in [7, 11) is 0. The Kier molecular flexibility index (Phi) is 4.97. The topological polar surface area (TPSA) is 52.2 Å². The van der Waals surface area contributed by atoms with Crippen LogP contribution in [0.15, 0.2) is 60.8 Å². The highest BCUT2D eigenvalue weighted by atomic mass is 16.2. The Hall–Kier alpha value is -3.18. The minimum Gasteiger partial charge on any atom is -0.358 e. The number of aromatic nitrogens is 2. The van der Waals surface area contributed by atoms with Gasteiger partial charge in [0, 0.05) is 60.9 Å². The van der Waals surface area contributed by atoms with Gasteiger partial charge >= 0.3 is 0 Å². The molecular weight excluding hydrogens is 372 g/mol. The summed E-state index contributed by atoms with van der Waals surface area (Å²) in [5, 5.41) is 2.34. The Morgan fingerprint density at radius 2 is 1.80 bits per heavy atom. The number of nitrogens with one attached hydrogen (secondary N) is 1. The lowest BCUT2D eigenvalue weighted by Crippen LogP contribution is -2.48. The zero-order valence-electron chi connectivity index (χ0n) is 17.3. The second-order valence-electron chi connectivity index (χ2n) is 8.10. The summed E-state index contributed by atoms with van der Waals surface area (Å²) in [5.41, 5.74) is 5.65. The first-order chi connectivity index (χ1) is 14.7. The van der Waals surface area contributed by atoms with Crippen LogP contribution in [0.5, 0.6) is 0 Å². The SMILES string of the molecule is Cc1[nH]c2ccccc2c1CC(=O)N1CCN(Cc2cccc3cccnc23)CC1. The molecule has 0 unspecified atom stereocenters. The van der Waals surface area contributed by atoms with E-state index in [1.165, 1.54) is 10.9 Å². The third-order valence-electron chi connectivity index (χ3n) is 6.19. The molecule has 3 heterocycles. The maximum atomic E-state index is 13.0. The smallest absolute Gasteiger partial charge is 0.227 e. The summed E-state index contributed by atoms with van der Waals surface area (Å²) in [6.45, 7) is 6.26. The number of aryl methyl sites for hydroxylation is 1. The highest BCUT2D eigenvalue weighted by Gasteiger charge is 2.23. The van der Waals surface area contributed by atoms with Crippen LogP contribution in [0.4, 0.5) is 0 Å². The molecule has 0 spiro atoms. The first kappa shape index (κ1) is 18.8. The molecule has 2 aromatic heterocycles. The number of nitrogens with zero attached hydrogens (tertiary/aromatic N) is 3. The van der Waals surface area contributed by atoms with Crippen LogP contribution >= 0.6 is 0 Å². The number of amides is 1. The van der Waals surface area contributed by atoms with Crippen LogP contribution in [0.3, 0.4) is 0 Å². The summed E-state index contributed by atoms with van der Waals surface area (Å²) in [6.07, 6.45) is 2.32. The molecule has 1 aliphatic rings. The summed E-state index contributed by atoms with van der Waals surface area (Å²) < 4.78 is 0. The third kappa shape index (κ3) is 3.57. The number of aromatic amines is 1. The monoisotopic (exact) mass is 398 g/mol. The van der Waals surface area contributed by atoms with Crippen LogP contribution in [0.25, 0.3) is 21.8 Å². The lowest BCUT2D eigenvalue weighted by atomic mass is 10.1. The molecule has 5 heteroatoms. The number of carbonyl (C=O) groups is 1. The van der Waals surface area contributed by atoms with E-state index in [0.29, 0.717) is 6.42 Å². The molecule has 0 atom stereocenters. The number of para-hydroxylation sites is 2. The van der Waals surface area contributed by atoms with Gasteiger partial charge in [-0.2, -0.15) is 0 Å². The van der Waals surface area contributed by atoms with Crippen LogP contribution in [-0.4, -0.2) is 51.9 Å². The van der Waals surface area contributed by atoms with Gasteiger partial charge in [0.25, 0.3) is 0 Å². The molecule has 1 fully saturated rings. The van der Waals surface area contributed by atoms with Crippen molar-refractivity contribution in [3.8, 4) is 0 Å². The van der Waals surface area contributed by atoms with Gasteiger partial charge in [-0.25, -0.2) is 0 Å². The first-order valence-electron chi connectivity index (χ1n) is 10.6. The van der Waals surface area contributed by atoms with Crippen molar-refractivity contribution < 1.29 is 4.79 Å². The Morgan fingerprint density at radius 3 is 2.67 bits per heavy atom. The van der Waals surface area contributed by atoms with Crippen LogP contribution in [0, 0.1) is 6.92 Å². The number of carbonyl (C=O) groups excluding carboxylic acids is 1. The molecule has 0 bridgehead atoms. The van der Waals surface area contributed by atoms with Gasteiger partial charge in [-0.3, -0.25) is 14.7 Å². The first-order valence-corrected chi connectivity index (χ1v) is 10.6. The van der Waals surface area contributed by atoms with Gasteiger partial charge in [0.2, 0.25) is 5.91 Å². The van der Waals surface area contributed by atoms with Crippen molar-refractivity contribution >= 4 is 27.7 Å². The number of piperazine rings is 1. The minimum absolute atomic E-state index is 0.217. The van der Waals surface area contributed by atoms with E-state index in [0.717, 1.165) is 60.4 Å². The molecule has 1 saturated heterocycles. The van der Waals surface area contributed by atoms with Gasteiger partial charge in [0.05, 0.1) is 11.9 Å². The average Bonchev–Trinajstić information content (AvgIpc) is 3.09. The Balaban J connectivity index is 1.23. The van der Waals surface area contributed by atoms with Gasteiger partial charge in [-0.1, -0.05) is 42.5 Å². The molecule has 4 aromatic rings. The van der Waals surface area contributed by atoms with Crippen LogP contribution in [-0.2, 0) is 17.8 Å². The molecule has 5 rings (SSSR count). The molecule has 0 radical (unpaired) electrons. The number of benzene rings is 2. The van der Waals surface area contributed by atoms with Crippen molar-refractivity contribution in [2.24, 2.45) is 0 Å². The standard InChI is InChI=1S/C25H26N4O/c1-18-22(21-9-2-3-10-23(21)27-18)16-24(30)29-14-12-28(13-15-29)17-20-7-4-6-19-8-5-11-26-25(19)20/h2-11,27H,12-17H2,1H3. The Bertz CT molecular complexity index is 1200. The molecule has 152 valence electrons. The molecule has 2 aromatic carbocycles. The van der Waals surface area contributed by atoms with Crippen molar-refractivity contribution in [3.05, 3.63) is 77.6 Å². The van der Waals surface area contributed by atoms with E-state index < -0.39 is 0 Å². The van der Waals surface area contributed by atoms with Crippen LogP contribution in [0.1, 0.15) is 16.8 Å². The predicted molar refractivity (Wildman–Crippen MR) is 120 cm³/mol. The molecule has 1 N–H and O–H groups in total. The van der Waals surface area contributed by atoms with Gasteiger partial charge in [0.15, 0.2) is 0 Å². The number of fused-ring (bicyclic) bond motifs is 2. The molecular formula is C25H26N4O. The van der Waals surface area contributed by atoms with E-state index in [4.69, 9.17) is 0 Å². The maximum Gasteiger partial charge on any atom is 0.227 e. The zero-order valence-corrected chi connectivity index (χ0v) is 17.3. The fourth-order valence-corrected chi connectivity index (χ4v) is 4.52. The van der Waals surface area contributed by atoms with Crippen molar-refractivity contribution in [2.75, 3.05) is 26.2 Å². The summed E-state index contributed by atoms with van der Waals surface area (Å²) in [4.78, 5) is 25.4. The number of hydrogen-bond acceptors (Lipinski definition) is 3. The van der Waals surface area contributed by atoms with Crippen LogP contribution < -0.4 is 0 Å². The fourth-order valence-electron chi connectivity index (χ4n) is 4.52. The Labute approximate surface area is 176 Å². The van der Waals surface area contributed by atoms with E-state index in [9.17, 15) is 4.79 Å². The molecule has 1 aliphatic heterocycles. The number of pyridine rings is 1. The second-order valence-corrected chi connectivity index (χ2v) is 8.10. The summed E-state index contributed by atoms with van der Waals surface area (Å²) >= 11 is 0. The number of hydrogen-bond donors (Lipinski definition) is 1. The van der Waals surface area contributed by atoms with Crippen molar-refractivity contribution in [1.82, 2.24) is 19.8 Å². The average molecular weight is 399 g/mol. The van der Waals surface area contributed by atoms with Crippen molar-refractivity contribution in [3.63, 3.8) is 0 Å². The van der Waals surface area contributed by atoms with Gasteiger partial charge in [0.1, 0.15) is 0 Å². The third-order valence-corrected chi connectivity index (χ3v) is 6.19. The number of H-pyrrole nitrogens is 1. The van der Waals surface area contributed by atoms with Crippen molar-refractivity contribution in [1.29, 1.82) is 0 Å².